The standard InChI is InChI=1S/C16H19FNO3P/c1-3-16(4-2,22(19,20)21)15-9-8-13(11-18-15)12-6-5-7-14(17)10-12/h5-11H,3-4H2,1-2H3,(H2,19,20,21). The average Bonchev–Trinajstić information content (AvgIpc) is 2.48. The Morgan fingerprint density at radius 1 is 1.14 bits per heavy atom. The molecule has 0 unspecified atom stereocenters. The quantitative estimate of drug-likeness (QED) is 0.813. The first kappa shape index (κ1) is 16.8. The molecule has 0 fully saturated rings. The van der Waals surface area contributed by atoms with Crippen molar-refractivity contribution in [1.29, 1.82) is 0 Å². The molecule has 0 amide bonds. The van der Waals surface area contributed by atoms with Crippen LogP contribution in [-0.4, -0.2) is 14.8 Å². The highest BCUT2D eigenvalue weighted by Gasteiger charge is 2.46. The second-order valence-electron chi connectivity index (χ2n) is 5.23. The second-order valence-corrected chi connectivity index (χ2v) is 7.17. The van der Waals surface area contributed by atoms with Gasteiger partial charge in [0.15, 0.2) is 0 Å². The minimum Gasteiger partial charge on any atom is -0.324 e. The topological polar surface area (TPSA) is 70.4 Å². The van der Waals surface area contributed by atoms with Crippen LogP contribution >= 0.6 is 7.60 Å². The van der Waals surface area contributed by atoms with Crippen molar-refractivity contribution in [3.63, 3.8) is 0 Å². The lowest BCUT2D eigenvalue weighted by Crippen LogP contribution is -2.25. The lowest BCUT2D eigenvalue weighted by molar-refractivity contribution is 0.312. The van der Waals surface area contributed by atoms with E-state index in [1.807, 2.05) is 0 Å². The van der Waals surface area contributed by atoms with Crippen LogP contribution in [0.15, 0.2) is 42.6 Å². The number of nitrogens with zero attached hydrogens (tertiary/aromatic N) is 1. The third-order valence-electron chi connectivity index (χ3n) is 4.13. The predicted molar refractivity (Wildman–Crippen MR) is 83.9 cm³/mol. The number of hydrogen-bond acceptors (Lipinski definition) is 2. The molecule has 0 aliphatic rings. The van der Waals surface area contributed by atoms with Crippen molar-refractivity contribution < 1.29 is 18.7 Å². The second kappa shape index (κ2) is 6.29. The fraction of sp³-hybridized carbons (Fsp3) is 0.312. The van der Waals surface area contributed by atoms with Crippen molar-refractivity contribution in [2.75, 3.05) is 0 Å². The largest absolute Gasteiger partial charge is 0.337 e. The fourth-order valence-electron chi connectivity index (χ4n) is 2.68. The summed E-state index contributed by atoms with van der Waals surface area (Å²) in [6, 6.07) is 9.45. The van der Waals surface area contributed by atoms with Gasteiger partial charge >= 0.3 is 7.60 Å². The first-order valence-electron chi connectivity index (χ1n) is 7.12. The van der Waals surface area contributed by atoms with E-state index in [1.165, 1.54) is 18.3 Å². The highest BCUT2D eigenvalue weighted by molar-refractivity contribution is 7.53. The van der Waals surface area contributed by atoms with Gasteiger partial charge in [-0.2, -0.15) is 0 Å². The Kier molecular flexibility index (Phi) is 4.81. The highest BCUT2D eigenvalue weighted by Crippen LogP contribution is 2.60. The van der Waals surface area contributed by atoms with Crippen LogP contribution in [0.3, 0.4) is 0 Å². The van der Waals surface area contributed by atoms with Crippen LogP contribution in [0.5, 0.6) is 0 Å². The van der Waals surface area contributed by atoms with E-state index in [-0.39, 0.29) is 5.82 Å². The Balaban J connectivity index is 2.45. The monoisotopic (exact) mass is 323 g/mol. The SMILES string of the molecule is CCC(CC)(c1ccc(-c2cccc(F)c2)cn1)P(=O)(O)O. The summed E-state index contributed by atoms with van der Waals surface area (Å²) in [5.74, 6) is -0.340. The van der Waals surface area contributed by atoms with Gasteiger partial charge in [0.25, 0.3) is 0 Å². The smallest absolute Gasteiger partial charge is 0.324 e. The minimum atomic E-state index is -4.35. The van der Waals surface area contributed by atoms with E-state index in [0.29, 0.717) is 29.7 Å². The normalized spacial score (nSPS) is 12.4. The van der Waals surface area contributed by atoms with Crippen molar-refractivity contribution in [3.8, 4) is 11.1 Å². The number of benzene rings is 1. The van der Waals surface area contributed by atoms with Gasteiger partial charge in [0, 0.05) is 11.8 Å². The Morgan fingerprint density at radius 2 is 1.82 bits per heavy atom. The van der Waals surface area contributed by atoms with Gasteiger partial charge < -0.3 is 9.79 Å². The van der Waals surface area contributed by atoms with Gasteiger partial charge in [-0.3, -0.25) is 9.55 Å². The number of hydrogen-bond donors (Lipinski definition) is 2. The van der Waals surface area contributed by atoms with Gasteiger partial charge in [-0.05, 0) is 36.6 Å². The maximum atomic E-state index is 13.3. The van der Waals surface area contributed by atoms with E-state index < -0.39 is 12.8 Å². The molecule has 1 aromatic carbocycles. The number of halogens is 1. The molecule has 0 aliphatic carbocycles. The van der Waals surface area contributed by atoms with Crippen LogP contribution in [0, 0.1) is 5.82 Å². The number of pyridine rings is 1. The molecule has 4 nitrogen and oxygen atoms in total. The van der Waals surface area contributed by atoms with Crippen molar-refractivity contribution >= 4 is 7.60 Å². The molecule has 118 valence electrons. The molecule has 2 aromatic rings. The Bertz CT molecular complexity index is 693. The molecule has 2 N–H and O–H groups in total. The van der Waals surface area contributed by atoms with Gasteiger partial charge in [0.1, 0.15) is 11.0 Å². The average molecular weight is 323 g/mol. The maximum absolute atomic E-state index is 13.3. The van der Waals surface area contributed by atoms with Gasteiger partial charge in [-0.15, -0.1) is 0 Å². The van der Waals surface area contributed by atoms with Crippen molar-refractivity contribution in [3.05, 3.63) is 54.1 Å². The Morgan fingerprint density at radius 3 is 2.27 bits per heavy atom. The zero-order valence-corrected chi connectivity index (χ0v) is 13.4. The summed E-state index contributed by atoms with van der Waals surface area (Å²) >= 11 is 0. The molecule has 6 heteroatoms. The summed E-state index contributed by atoms with van der Waals surface area (Å²) in [6.07, 6.45) is 2.11. The van der Waals surface area contributed by atoms with Crippen LogP contribution in [0.4, 0.5) is 4.39 Å². The summed E-state index contributed by atoms with van der Waals surface area (Å²) in [7, 11) is -4.35. The van der Waals surface area contributed by atoms with E-state index >= 15 is 0 Å². The third kappa shape index (κ3) is 2.98. The zero-order chi connectivity index (χ0) is 16.4. The first-order chi connectivity index (χ1) is 10.3. The molecule has 1 aromatic heterocycles. The molecule has 0 radical (unpaired) electrons. The highest BCUT2D eigenvalue weighted by atomic mass is 31.2. The number of aromatic nitrogens is 1. The van der Waals surface area contributed by atoms with Crippen molar-refractivity contribution in [1.82, 2.24) is 4.98 Å². The first-order valence-corrected chi connectivity index (χ1v) is 8.73. The molecule has 0 saturated carbocycles. The molecule has 0 bridgehead atoms. The summed E-state index contributed by atoms with van der Waals surface area (Å²) in [5, 5.41) is -1.27. The van der Waals surface area contributed by atoms with E-state index in [1.54, 1.807) is 38.1 Å². The maximum Gasteiger partial charge on any atom is 0.337 e. The molecule has 0 saturated heterocycles. The molecule has 0 aliphatic heterocycles. The summed E-state index contributed by atoms with van der Waals surface area (Å²) in [6.45, 7) is 3.48. The fourth-order valence-corrected chi connectivity index (χ4v) is 3.94. The molecule has 1 heterocycles. The summed E-state index contributed by atoms with van der Waals surface area (Å²) in [5.41, 5.74) is 1.75. The molecular formula is C16H19FNO3P. The van der Waals surface area contributed by atoms with Crippen molar-refractivity contribution in [2.24, 2.45) is 0 Å². The van der Waals surface area contributed by atoms with E-state index in [2.05, 4.69) is 4.98 Å². The third-order valence-corrected chi connectivity index (χ3v) is 6.10. The lowest BCUT2D eigenvalue weighted by atomic mass is 9.96. The van der Waals surface area contributed by atoms with E-state index in [4.69, 9.17) is 0 Å². The lowest BCUT2D eigenvalue weighted by Gasteiger charge is -2.31. The van der Waals surface area contributed by atoms with Gasteiger partial charge in [0.2, 0.25) is 0 Å². The van der Waals surface area contributed by atoms with Crippen LogP contribution in [0.25, 0.3) is 11.1 Å². The summed E-state index contributed by atoms with van der Waals surface area (Å²) < 4.78 is 25.2. The van der Waals surface area contributed by atoms with E-state index in [9.17, 15) is 18.7 Å². The van der Waals surface area contributed by atoms with Gasteiger partial charge in [0.05, 0.1) is 5.69 Å². The van der Waals surface area contributed by atoms with E-state index in [0.717, 1.165) is 0 Å². The van der Waals surface area contributed by atoms with Crippen LogP contribution in [0.2, 0.25) is 0 Å². The molecule has 0 spiro atoms. The molecule has 22 heavy (non-hydrogen) atoms. The van der Waals surface area contributed by atoms with Crippen LogP contribution in [-0.2, 0) is 9.72 Å². The summed E-state index contributed by atoms with van der Waals surface area (Å²) in [4.78, 5) is 23.7. The molecular weight excluding hydrogens is 304 g/mol. The minimum absolute atomic E-state index is 0.292. The Labute approximate surface area is 129 Å². The Hall–Kier alpha value is -1.55. The van der Waals surface area contributed by atoms with Gasteiger partial charge in [-0.1, -0.05) is 32.0 Å². The van der Waals surface area contributed by atoms with Gasteiger partial charge in [-0.25, -0.2) is 4.39 Å². The van der Waals surface area contributed by atoms with Crippen LogP contribution < -0.4 is 0 Å². The van der Waals surface area contributed by atoms with Crippen molar-refractivity contribution in [2.45, 2.75) is 31.8 Å². The van der Waals surface area contributed by atoms with Crippen LogP contribution in [0.1, 0.15) is 32.4 Å². The predicted octanol–water partition coefficient (Wildman–Crippen LogP) is 4.08. The number of rotatable bonds is 5. The molecule has 2 rings (SSSR count). The molecule has 0 atom stereocenters. The zero-order valence-electron chi connectivity index (χ0n) is 12.5.